The molecular weight excluding hydrogens is 224 g/mol. The Kier molecular flexibility index (Phi) is 3.84. The standard InChI is InChI=1S/C11H19ClN4/c1-15(2)6-7-16-11(9(12)8-14-16)10-4-3-5-13-10/h8,10,13H,3-7H2,1-2H3. The van der Waals surface area contributed by atoms with Crippen molar-refractivity contribution in [2.24, 2.45) is 0 Å². The van der Waals surface area contributed by atoms with Crippen LogP contribution < -0.4 is 5.32 Å². The Hall–Kier alpha value is -0.580. The molecule has 1 aromatic heterocycles. The summed E-state index contributed by atoms with van der Waals surface area (Å²) in [6.07, 6.45) is 4.14. The average molecular weight is 243 g/mol. The summed E-state index contributed by atoms with van der Waals surface area (Å²) < 4.78 is 2.03. The molecule has 0 saturated carbocycles. The van der Waals surface area contributed by atoms with Gasteiger partial charge in [-0.3, -0.25) is 4.68 Å². The van der Waals surface area contributed by atoms with Crippen LogP contribution in [0.2, 0.25) is 5.02 Å². The molecule has 2 rings (SSSR count). The van der Waals surface area contributed by atoms with Gasteiger partial charge in [0.25, 0.3) is 0 Å². The van der Waals surface area contributed by atoms with Gasteiger partial charge in [0.05, 0.1) is 29.5 Å². The zero-order chi connectivity index (χ0) is 11.5. The highest BCUT2D eigenvalue weighted by Crippen LogP contribution is 2.28. The molecule has 0 aromatic carbocycles. The van der Waals surface area contributed by atoms with Crippen molar-refractivity contribution < 1.29 is 0 Å². The van der Waals surface area contributed by atoms with E-state index in [1.54, 1.807) is 6.20 Å². The molecule has 0 aliphatic carbocycles. The summed E-state index contributed by atoms with van der Waals surface area (Å²) >= 11 is 6.20. The van der Waals surface area contributed by atoms with E-state index in [4.69, 9.17) is 11.6 Å². The number of nitrogens with zero attached hydrogens (tertiary/aromatic N) is 3. The third kappa shape index (κ3) is 2.56. The minimum absolute atomic E-state index is 0.386. The van der Waals surface area contributed by atoms with Crippen molar-refractivity contribution in [2.45, 2.75) is 25.4 Å². The lowest BCUT2D eigenvalue weighted by Gasteiger charge is -2.16. The van der Waals surface area contributed by atoms with Crippen LogP contribution in [0.15, 0.2) is 6.20 Å². The molecule has 1 aliphatic rings. The van der Waals surface area contributed by atoms with Crippen LogP contribution in [-0.4, -0.2) is 41.9 Å². The molecule has 1 N–H and O–H groups in total. The van der Waals surface area contributed by atoms with Gasteiger partial charge >= 0.3 is 0 Å². The Labute approximate surface area is 102 Å². The molecule has 2 heterocycles. The lowest BCUT2D eigenvalue weighted by Crippen LogP contribution is -2.23. The van der Waals surface area contributed by atoms with Crippen LogP contribution in [0.25, 0.3) is 0 Å². The molecule has 0 spiro atoms. The van der Waals surface area contributed by atoms with Gasteiger partial charge in [0, 0.05) is 6.54 Å². The summed E-state index contributed by atoms with van der Waals surface area (Å²) in [5.74, 6) is 0. The second kappa shape index (κ2) is 5.17. The maximum Gasteiger partial charge on any atom is 0.0834 e. The molecule has 1 unspecified atom stereocenters. The first kappa shape index (κ1) is 11.9. The Morgan fingerprint density at radius 3 is 3.06 bits per heavy atom. The van der Waals surface area contributed by atoms with Crippen molar-refractivity contribution in [3.05, 3.63) is 16.9 Å². The first-order valence-corrected chi connectivity index (χ1v) is 6.15. The fraction of sp³-hybridized carbons (Fsp3) is 0.727. The third-order valence-corrected chi connectivity index (χ3v) is 3.27. The number of likely N-dealkylation sites (N-methyl/N-ethyl adjacent to an activating group) is 1. The van der Waals surface area contributed by atoms with Crippen LogP contribution in [0.4, 0.5) is 0 Å². The van der Waals surface area contributed by atoms with Crippen LogP contribution in [0, 0.1) is 0 Å². The molecule has 1 aliphatic heterocycles. The molecule has 4 nitrogen and oxygen atoms in total. The molecule has 5 heteroatoms. The molecule has 1 atom stereocenters. The molecular formula is C11H19ClN4. The molecule has 1 aromatic rings. The molecule has 0 radical (unpaired) electrons. The van der Waals surface area contributed by atoms with E-state index in [1.165, 1.54) is 6.42 Å². The number of aromatic nitrogens is 2. The predicted octanol–water partition coefficient (Wildman–Crippen LogP) is 1.52. The number of hydrogen-bond donors (Lipinski definition) is 1. The van der Waals surface area contributed by atoms with Crippen molar-refractivity contribution >= 4 is 11.6 Å². The Morgan fingerprint density at radius 2 is 2.44 bits per heavy atom. The highest BCUT2D eigenvalue weighted by Gasteiger charge is 2.23. The fourth-order valence-electron chi connectivity index (χ4n) is 2.11. The van der Waals surface area contributed by atoms with Gasteiger partial charge < -0.3 is 10.2 Å². The lowest BCUT2D eigenvalue weighted by atomic mass is 10.1. The van der Waals surface area contributed by atoms with E-state index in [2.05, 4.69) is 29.4 Å². The van der Waals surface area contributed by atoms with Gasteiger partial charge in [0.2, 0.25) is 0 Å². The zero-order valence-corrected chi connectivity index (χ0v) is 10.7. The first-order valence-electron chi connectivity index (χ1n) is 5.78. The number of nitrogens with one attached hydrogen (secondary N) is 1. The summed E-state index contributed by atoms with van der Waals surface area (Å²) in [5.41, 5.74) is 1.15. The van der Waals surface area contributed by atoms with Gasteiger partial charge in [-0.2, -0.15) is 5.10 Å². The molecule has 0 amide bonds. The van der Waals surface area contributed by atoms with E-state index in [-0.39, 0.29) is 0 Å². The van der Waals surface area contributed by atoms with E-state index in [0.717, 1.165) is 36.8 Å². The summed E-state index contributed by atoms with van der Waals surface area (Å²) in [5, 5.41) is 8.61. The summed E-state index contributed by atoms with van der Waals surface area (Å²) in [6.45, 7) is 2.96. The Morgan fingerprint density at radius 1 is 1.62 bits per heavy atom. The van der Waals surface area contributed by atoms with E-state index >= 15 is 0 Å². The van der Waals surface area contributed by atoms with E-state index in [0.29, 0.717) is 6.04 Å². The maximum absolute atomic E-state index is 6.20. The van der Waals surface area contributed by atoms with Crippen LogP contribution >= 0.6 is 11.6 Å². The lowest BCUT2D eigenvalue weighted by molar-refractivity contribution is 0.365. The van der Waals surface area contributed by atoms with Crippen molar-refractivity contribution in [3.8, 4) is 0 Å². The number of halogens is 1. The highest BCUT2D eigenvalue weighted by molar-refractivity contribution is 6.31. The van der Waals surface area contributed by atoms with Gasteiger partial charge in [-0.1, -0.05) is 11.6 Å². The topological polar surface area (TPSA) is 33.1 Å². The van der Waals surface area contributed by atoms with E-state index in [9.17, 15) is 0 Å². The van der Waals surface area contributed by atoms with Crippen molar-refractivity contribution in [2.75, 3.05) is 27.2 Å². The minimum Gasteiger partial charge on any atom is -0.309 e. The number of rotatable bonds is 4. The van der Waals surface area contributed by atoms with Crippen LogP contribution in [0.5, 0.6) is 0 Å². The normalized spacial score (nSPS) is 20.9. The van der Waals surface area contributed by atoms with Gasteiger partial charge in [0.15, 0.2) is 0 Å². The maximum atomic E-state index is 6.20. The fourth-order valence-corrected chi connectivity index (χ4v) is 2.38. The quantitative estimate of drug-likeness (QED) is 0.869. The van der Waals surface area contributed by atoms with Gasteiger partial charge in [0.1, 0.15) is 0 Å². The second-order valence-electron chi connectivity index (χ2n) is 4.55. The summed E-state index contributed by atoms with van der Waals surface area (Å²) in [6, 6.07) is 0.386. The summed E-state index contributed by atoms with van der Waals surface area (Å²) in [4.78, 5) is 2.15. The molecule has 0 bridgehead atoms. The smallest absolute Gasteiger partial charge is 0.0834 e. The molecule has 16 heavy (non-hydrogen) atoms. The Balaban J connectivity index is 2.11. The predicted molar refractivity (Wildman–Crippen MR) is 65.8 cm³/mol. The van der Waals surface area contributed by atoms with Crippen molar-refractivity contribution in [3.63, 3.8) is 0 Å². The van der Waals surface area contributed by atoms with Gasteiger partial charge in [-0.25, -0.2) is 0 Å². The first-order chi connectivity index (χ1) is 7.68. The third-order valence-electron chi connectivity index (χ3n) is 2.98. The summed E-state index contributed by atoms with van der Waals surface area (Å²) in [7, 11) is 4.14. The van der Waals surface area contributed by atoms with Crippen molar-refractivity contribution in [1.82, 2.24) is 20.0 Å². The van der Waals surface area contributed by atoms with Crippen LogP contribution in [0.3, 0.4) is 0 Å². The van der Waals surface area contributed by atoms with Gasteiger partial charge in [-0.15, -0.1) is 0 Å². The molecule has 1 saturated heterocycles. The zero-order valence-electron chi connectivity index (χ0n) is 9.91. The van der Waals surface area contributed by atoms with E-state index in [1.807, 2.05) is 4.68 Å². The van der Waals surface area contributed by atoms with Crippen LogP contribution in [0.1, 0.15) is 24.6 Å². The second-order valence-corrected chi connectivity index (χ2v) is 4.96. The minimum atomic E-state index is 0.386. The highest BCUT2D eigenvalue weighted by atomic mass is 35.5. The molecule has 1 fully saturated rings. The largest absolute Gasteiger partial charge is 0.309 e. The number of hydrogen-bond acceptors (Lipinski definition) is 3. The monoisotopic (exact) mass is 242 g/mol. The average Bonchev–Trinajstić information content (AvgIpc) is 2.83. The SMILES string of the molecule is CN(C)CCn1ncc(Cl)c1C1CCCN1. The van der Waals surface area contributed by atoms with Crippen molar-refractivity contribution in [1.29, 1.82) is 0 Å². The molecule has 90 valence electrons. The van der Waals surface area contributed by atoms with E-state index < -0.39 is 0 Å². The van der Waals surface area contributed by atoms with Gasteiger partial charge in [-0.05, 0) is 33.5 Å². The van der Waals surface area contributed by atoms with Crippen LogP contribution in [-0.2, 0) is 6.54 Å². The Bertz CT molecular complexity index is 342.